The van der Waals surface area contributed by atoms with Crippen molar-refractivity contribution in [2.24, 2.45) is 0 Å². The Hall–Kier alpha value is -1.20. The first-order valence-electron chi connectivity index (χ1n) is 5.23. The molecule has 0 aliphatic carbocycles. The summed E-state index contributed by atoms with van der Waals surface area (Å²) in [6, 6.07) is 4.75. The van der Waals surface area contributed by atoms with Crippen LogP contribution in [0.15, 0.2) is 22.7 Å². The molecule has 0 aliphatic rings. The van der Waals surface area contributed by atoms with Crippen molar-refractivity contribution in [1.82, 2.24) is 9.97 Å². The second-order valence-corrected chi connectivity index (χ2v) is 4.67. The topological polar surface area (TPSA) is 48.9 Å². The fraction of sp³-hybridized carbons (Fsp3) is 0.250. The number of hydrogen-bond donors (Lipinski definition) is 2. The van der Waals surface area contributed by atoms with Gasteiger partial charge in [-0.25, -0.2) is 9.37 Å². The van der Waals surface area contributed by atoms with E-state index >= 15 is 0 Å². The number of H-pyrrole nitrogens is 1. The third kappa shape index (κ3) is 2.56. The zero-order valence-electron chi connectivity index (χ0n) is 9.30. The Labute approximate surface area is 107 Å². The van der Waals surface area contributed by atoms with Crippen LogP contribution in [0.2, 0.25) is 0 Å². The molecule has 0 spiro atoms. The Morgan fingerprint density at radius 1 is 1.47 bits per heavy atom. The lowest BCUT2D eigenvalue weighted by atomic mass is 10.1. The molecule has 0 fully saturated rings. The number of rotatable bonds is 3. The van der Waals surface area contributed by atoms with Crippen LogP contribution in [0.1, 0.15) is 11.5 Å². The Balaban J connectivity index is 2.48. The van der Waals surface area contributed by atoms with Gasteiger partial charge in [-0.1, -0.05) is 15.9 Å². The van der Waals surface area contributed by atoms with Gasteiger partial charge in [-0.05, 0) is 25.1 Å². The number of benzene rings is 1. The zero-order chi connectivity index (χ0) is 12.4. The van der Waals surface area contributed by atoms with Gasteiger partial charge in [-0.2, -0.15) is 0 Å². The molecule has 0 amide bonds. The highest BCUT2D eigenvalue weighted by Crippen LogP contribution is 2.27. The normalized spacial score (nSPS) is 10.8. The molecular formula is C12H12BrFN2O. The second kappa shape index (κ2) is 4.98. The van der Waals surface area contributed by atoms with Gasteiger partial charge in [0.2, 0.25) is 0 Å². The van der Waals surface area contributed by atoms with Crippen molar-refractivity contribution in [3.63, 3.8) is 0 Å². The fourth-order valence-corrected chi connectivity index (χ4v) is 2.05. The molecule has 3 nitrogen and oxygen atoms in total. The Kier molecular flexibility index (Phi) is 3.59. The van der Waals surface area contributed by atoms with Crippen molar-refractivity contribution >= 4 is 15.9 Å². The molecule has 2 aromatic rings. The lowest BCUT2D eigenvalue weighted by molar-refractivity contribution is 0.297. The number of imidazole rings is 1. The van der Waals surface area contributed by atoms with E-state index in [2.05, 4.69) is 25.9 Å². The summed E-state index contributed by atoms with van der Waals surface area (Å²) in [4.78, 5) is 7.33. The van der Waals surface area contributed by atoms with Gasteiger partial charge < -0.3 is 10.1 Å². The molecule has 2 N–H and O–H groups in total. The van der Waals surface area contributed by atoms with E-state index in [0.717, 1.165) is 10.2 Å². The van der Waals surface area contributed by atoms with Crippen LogP contribution >= 0.6 is 15.9 Å². The summed E-state index contributed by atoms with van der Waals surface area (Å²) < 4.78 is 14.5. The summed E-state index contributed by atoms with van der Waals surface area (Å²) in [6.07, 6.45) is 0.441. The number of aromatic nitrogens is 2. The highest BCUT2D eigenvalue weighted by Gasteiger charge is 2.13. The Morgan fingerprint density at radius 2 is 2.24 bits per heavy atom. The first kappa shape index (κ1) is 12.3. The molecule has 0 aliphatic heterocycles. The summed E-state index contributed by atoms with van der Waals surface area (Å²) in [7, 11) is 0. The third-order valence-corrected chi connectivity index (χ3v) is 2.96. The second-order valence-electron chi connectivity index (χ2n) is 3.75. The standard InChI is InChI=1S/C12H12BrFN2O/c1-7-12(16-11(15-7)4-5-17)9-6-8(13)2-3-10(9)14/h2-3,6,17H,4-5H2,1H3,(H,15,16). The maximum absolute atomic E-state index is 13.7. The number of nitrogens with one attached hydrogen (secondary N) is 1. The highest BCUT2D eigenvalue weighted by atomic mass is 79.9. The number of aryl methyl sites for hydroxylation is 1. The Morgan fingerprint density at radius 3 is 2.94 bits per heavy atom. The van der Waals surface area contributed by atoms with E-state index in [9.17, 15) is 4.39 Å². The van der Waals surface area contributed by atoms with Gasteiger partial charge in [0.15, 0.2) is 0 Å². The van der Waals surface area contributed by atoms with Crippen LogP contribution in [-0.2, 0) is 6.42 Å². The molecule has 0 unspecified atom stereocenters. The molecule has 0 bridgehead atoms. The zero-order valence-corrected chi connectivity index (χ0v) is 10.9. The van der Waals surface area contributed by atoms with Gasteiger partial charge in [-0.15, -0.1) is 0 Å². The van der Waals surface area contributed by atoms with Crippen molar-refractivity contribution in [2.45, 2.75) is 13.3 Å². The number of halogens is 2. The molecule has 1 aromatic heterocycles. The van der Waals surface area contributed by atoms with Crippen molar-refractivity contribution in [1.29, 1.82) is 0 Å². The van der Waals surface area contributed by atoms with Gasteiger partial charge in [0.1, 0.15) is 11.6 Å². The Bertz CT molecular complexity index is 539. The minimum Gasteiger partial charge on any atom is -0.396 e. The molecule has 0 radical (unpaired) electrons. The van der Waals surface area contributed by atoms with Gasteiger partial charge >= 0.3 is 0 Å². The minimum absolute atomic E-state index is 0.0212. The van der Waals surface area contributed by atoms with Crippen LogP contribution in [-0.4, -0.2) is 21.7 Å². The monoisotopic (exact) mass is 298 g/mol. The predicted octanol–water partition coefficient (Wildman–Crippen LogP) is 2.82. The van der Waals surface area contributed by atoms with Gasteiger partial charge in [0.25, 0.3) is 0 Å². The third-order valence-electron chi connectivity index (χ3n) is 2.47. The minimum atomic E-state index is -0.307. The smallest absolute Gasteiger partial charge is 0.132 e. The van der Waals surface area contributed by atoms with E-state index in [0.29, 0.717) is 23.5 Å². The number of nitrogens with zero attached hydrogens (tertiary/aromatic N) is 1. The van der Waals surface area contributed by atoms with Crippen molar-refractivity contribution in [2.75, 3.05) is 6.61 Å². The SMILES string of the molecule is Cc1[nH]c(CCO)nc1-c1cc(Br)ccc1F. The fourth-order valence-electron chi connectivity index (χ4n) is 1.69. The first-order valence-corrected chi connectivity index (χ1v) is 6.03. The summed E-state index contributed by atoms with van der Waals surface area (Å²) in [5.41, 5.74) is 1.84. The highest BCUT2D eigenvalue weighted by molar-refractivity contribution is 9.10. The molecule has 5 heteroatoms. The van der Waals surface area contributed by atoms with E-state index in [1.54, 1.807) is 12.1 Å². The summed E-state index contributed by atoms with van der Waals surface area (Å²) in [5, 5.41) is 8.85. The van der Waals surface area contributed by atoms with E-state index < -0.39 is 0 Å². The van der Waals surface area contributed by atoms with Crippen molar-refractivity contribution in [3.05, 3.63) is 40.0 Å². The van der Waals surface area contributed by atoms with E-state index in [1.807, 2.05) is 6.92 Å². The van der Waals surface area contributed by atoms with Crippen LogP contribution in [0.5, 0.6) is 0 Å². The molecule has 90 valence electrons. The number of aromatic amines is 1. The largest absolute Gasteiger partial charge is 0.396 e. The van der Waals surface area contributed by atoms with Crippen LogP contribution in [0.4, 0.5) is 4.39 Å². The van der Waals surface area contributed by atoms with Crippen molar-refractivity contribution in [3.8, 4) is 11.3 Å². The van der Waals surface area contributed by atoms with E-state index in [-0.39, 0.29) is 12.4 Å². The van der Waals surface area contributed by atoms with Crippen molar-refractivity contribution < 1.29 is 9.50 Å². The molecule has 17 heavy (non-hydrogen) atoms. The number of aliphatic hydroxyl groups excluding tert-OH is 1. The van der Waals surface area contributed by atoms with Crippen LogP contribution in [0.25, 0.3) is 11.3 Å². The predicted molar refractivity (Wildman–Crippen MR) is 67.2 cm³/mol. The molecule has 1 aromatic carbocycles. The van der Waals surface area contributed by atoms with Crippen LogP contribution in [0.3, 0.4) is 0 Å². The maximum Gasteiger partial charge on any atom is 0.132 e. The molecule has 0 saturated heterocycles. The lowest BCUT2D eigenvalue weighted by Crippen LogP contribution is -1.92. The summed E-state index contributed by atoms with van der Waals surface area (Å²) >= 11 is 3.31. The molecule has 1 heterocycles. The van der Waals surface area contributed by atoms with E-state index in [4.69, 9.17) is 5.11 Å². The average Bonchev–Trinajstić information content (AvgIpc) is 2.64. The summed E-state index contributed by atoms with van der Waals surface area (Å²) in [5.74, 6) is 0.359. The van der Waals surface area contributed by atoms with Crippen LogP contribution in [0, 0.1) is 12.7 Å². The lowest BCUT2D eigenvalue weighted by Gasteiger charge is -2.01. The first-order chi connectivity index (χ1) is 8.11. The number of aliphatic hydroxyl groups is 1. The molecule has 0 saturated carbocycles. The van der Waals surface area contributed by atoms with Gasteiger partial charge in [-0.3, -0.25) is 0 Å². The quantitative estimate of drug-likeness (QED) is 0.915. The maximum atomic E-state index is 13.7. The molecule has 0 atom stereocenters. The molecular weight excluding hydrogens is 287 g/mol. The van der Waals surface area contributed by atoms with Crippen LogP contribution < -0.4 is 0 Å². The number of hydrogen-bond acceptors (Lipinski definition) is 2. The summed E-state index contributed by atoms with van der Waals surface area (Å²) in [6.45, 7) is 1.86. The molecule has 2 rings (SSSR count). The van der Waals surface area contributed by atoms with Gasteiger partial charge in [0, 0.05) is 22.2 Å². The van der Waals surface area contributed by atoms with E-state index in [1.165, 1.54) is 6.07 Å². The van der Waals surface area contributed by atoms with Gasteiger partial charge in [0.05, 0.1) is 12.3 Å². The average molecular weight is 299 g/mol.